The predicted molar refractivity (Wildman–Crippen MR) is 88.8 cm³/mol. The topological polar surface area (TPSA) is 74.6 Å². The molecule has 2 atom stereocenters. The van der Waals surface area contributed by atoms with Crippen molar-refractivity contribution < 1.29 is 19.8 Å². The van der Waals surface area contributed by atoms with Gasteiger partial charge in [-0.05, 0) is 29.6 Å². The fourth-order valence-electron chi connectivity index (χ4n) is 3.72. The van der Waals surface area contributed by atoms with Gasteiger partial charge in [-0.1, -0.05) is 61.8 Å². The summed E-state index contributed by atoms with van der Waals surface area (Å²) in [6, 6.07) is 0. The fourth-order valence-corrected chi connectivity index (χ4v) is 3.72. The van der Waals surface area contributed by atoms with Gasteiger partial charge in [0.05, 0.1) is 11.3 Å². The first-order valence-electron chi connectivity index (χ1n) is 8.12. The van der Waals surface area contributed by atoms with E-state index in [2.05, 4.69) is 0 Å². The molecule has 4 nitrogen and oxygen atoms in total. The zero-order valence-corrected chi connectivity index (χ0v) is 15.5. The third kappa shape index (κ3) is 5.62. The molecular formula is C18H34O4. The van der Waals surface area contributed by atoms with Gasteiger partial charge in [0.25, 0.3) is 0 Å². The third-order valence-corrected chi connectivity index (χ3v) is 4.19. The Bertz CT molecular complexity index is 382. The molecule has 0 fully saturated rings. The Morgan fingerprint density at radius 2 is 1.27 bits per heavy atom. The molecule has 130 valence electrons. The summed E-state index contributed by atoms with van der Waals surface area (Å²) in [6.07, 6.45) is 1.36. The molecule has 2 N–H and O–H groups in total. The second-order valence-corrected chi connectivity index (χ2v) is 9.14. The molecule has 0 spiro atoms. The van der Waals surface area contributed by atoms with E-state index in [9.17, 15) is 19.8 Å². The first-order valence-corrected chi connectivity index (χ1v) is 8.12. The lowest BCUT2D eigenvalue weighted by Gasteiger charge is -2.44. The van der Waals surface area contributed by atoms with Gasteiger partial charge < -0.3 is 10.2 Å². The van der Waals surface area contributed by atoms with Crippen LogP contribution in [0, 0.1) is 28.1 Å². The molecule has 0 aliphatic rings. The van der Waals surface area contributed by atoms with Crippen LogP contribution in [0.2, 0.25) is 0 Å². The number of aliphatic carboxylic acids is 2. The van der Waals surface area contributed by atoms with Crippen molar-refractivity contribution in [2.24, 2.45) is 28.1 Å². The van der Waals surface area contributed by atoms with E-state index < -0.39 is 23.3 Å². The third-order valence-electron chi connectivity index (χ3n) is 4.19. The van der Waals surface area contributed by atoms with Crippen molar-refractivity contribution in [1.82, 2.24) is 0 Å². The quantitative estimate of drug-likeness (QED) is 0.715. The molecule has 0 rings (SSSR count). The zero-order valence-electron chi connectivity index (χ0n) is 15.5. The Morgan fingerprint density at radius 3 is 1.45 bits per heavy atom. The molecule has 0 aromatic rings. The Morgan fingerprint density at radius 1 is 0.909 bits per heavy atom. The molecule has 0 saturated heterocycles. The summed E-state index contributed by atoms with van der Waals surface area (Å²) in [5.74, 6) is -3.04. The number of carbonyl (C=O) groups is 2. The van der Waals surface area contributed by atoms with Gasteiger partial charge in [-0.25, -0.2) is 0 Å². The molecule has 0 saturated carbocycles. The lowest BCUT2D eigenvalue weighted by atomic mass is 9.57. The standard InChI is InChI=1S/C18H34O4/c1-9-12(2)13(14(19)20)18(15(21)22,10-16(3,4)5)11-17(6,7)8/h12-13H,9-11H2,1-8H3,(H,19,20)(H,21,22). The summed E-state index contributed by atoms with van der Waals surface area (Å²) in [5, 5.41) is 19.8. The van der Waals surface area contributed by atoms with Gasteiger partial charge >= 0.3 is 11.9 Å². The van der Waals surface area contributed by atoms with Crippen LogP contribution in [0.4, 0.5) is 0 Å². The molecule has 0 bridgehead atoms. The number of hydrogen-bond donors (Lipinski definition) is 2. The highest BCUT2D eigenvalue weighted by atomic mass is 16.4. The van der Waals surface area contributed by atoms with Crippen molar-refractivity contribution >= 4 is 11.9 Å². The number of hydrogen-bond acceptors (Lipinski definition) is 2. The Balaban J connectivity index is 6.21. The van der Waals surface area contributed by atoms with Crippen molar-refractivity contribution in [2.75, 3.05) is 0 Å². The zero-order chi connectivity index (χ0) is 17.9. The maximum absolute atomic E-state index is 12.3. The van der Waals surface area contributed by atoms with Gasteiger partial charge in [0.15, 0.2) is 0 Å². The van der Waals surface area contributed by atoms with Crippen LogP contribution in [0.25, 0.3) is 0 Å². The monoisotopic (exact) mass is 314 g/mol. The summed E-state index contributed by atoms with van der Waals surface area (Å²) < 4.78 is 0. The van der Waals surface area contributed by atoms with Crippen LogP contribution in [0.3, 0.4) is 0 Å². The second kappa shape index (κ2) is 7.01. The maximum Gasteiger partial charge on any atom is 0.310 e. The van der Waals surface area contributed by atoms with E-state index in [1.165, 1.54) is 0 Å². The molecular weight excluding hydrogens is 280 g/mol. The SMILES string of the molecule is CCC(C)C(C(=O)O)C(CC(C)(C)C)(CC(C)(C)C)C(=O)O. The lowest BCUT2D eigenvalue weighted by molar-refractivity contribution is -0.171. The summed E-state index contributed by atoms with van der Waals surface area (Å²) in [4.78, 5) is 24.2. The van der Waals surface area contributed by atoms with Crippen molar-refractivity contribution in [3.8, 4) is 0 Å². The minimum Gasteiger partial charge on any atom is -0.481 e. The van der Waals surface area contributed by atoms with E-state index in [1.54, 1.807) is 0 Å². The smallest absolute Gasteiger partial charge is 0.310 e. The highest BCUT2D eigenvalue weighted by Gasteiger charge is 2.54. The van der Waals surface area contributed by atoms with Crippen LogP contribution in [-0.2, 0) is 9.59 Å². The van der Waals surface area contributed by atoms with Gasteiger partial charge in [0.2, 0.25) is 0 Å². The Hall–Kier alpha value is -1.06. The molecule has 0 aliphatic heterocycles. The predicted octanol–water partition coefficient (Wildman–Crippen LogP) is 4.68. The molecule has 0 aromatic heterocycles. The van der Waals surface area contributed by atoms with E-state index >= 15 is 0 Å². The molecule has 0 radical (unpaired) electrons. The second-order valence-electron chi connectivity index (χ2n) is 9.14. The van der Waals surface area contributed by atoms with E-state index in [0.29, 0.717) is 19.3 Å². The van der Waals surface area contributed by atoms with Crippen LogP contribution < -0.4 is 0 Å². The largest absolute Gasteiger partial charge is 0.481 e. The maximum atomic E-state index is 12.3. The van der Waals surface area contributed by atoms with E-state index in [1.807, 2.05) is 55.4 Å². The van der Waals surface area contributed by atoms with Gasteiger partial charge in [0, 0.05) is 0 Å². The summed E-state index contributed by atoms with van der Waals surface area (Å²) in [6.45, 7) is 15.6. The average Bonchev–Trinajstić information content (AvgIpc) is 2.23. The molecule has 2 unspecified atom stereocenters. The van der Waals surface area contributed by atoms with Crippen molar-refractivity contribution in [3.63, 3.8) is 0 Å². The first-order chi connectivity index (χ1) is 9.66. The van der Waals surface area contributed by atoms with Gasteiger partial charge in [-0.3, -0.25) is 9.59 Å². The van der Waals surface area contributed by atoms with Gasteiger partial charge in [-0.15, -0.1) is 0 Å². The van der Waals surface area contributed by atoms with Crippen LogP contribution >= 0.6 is 0 Å². The van der Waals surface area contributed by atoms with Crippen LogP contribution in [0.1, 0.15) is 74.7 Å². The molecule has 4 heteroatoms. The van der Waals surface area contributed by atoms with Crippen molar-refractivity contribution in [1.29, 1.82) is 0 Å². The van der Waals surface area contributed by atoms with E-state index in [0.717, 1.165) is 0 Å². The van der Waals surface area contributed by atoms with E-state index in [-0.39, 0.29) is 16.7 Å². The number of rotatable bonds is 7. The molecule has 0 aromatic carbocycles. The highest BCUT2D eigenvalue weighted by molar-refractivity contribution is 5.84. The number of carboxylic acids is 2. The van der Waals surface area contributed by atoms with Crippen molar-refractivity contribution in [3.05, 3.63) is 0 Å². The normalized spacial score (nSPS) is 16.2. The Kier molecular flexibility index (Phi) is 6.67. The average molecular weight is 314 g/mol. The first kappa shape index (κ1) is 20.9. The van der Waals surface area contributed by atoms with Gasteiger partial charge in [0.1, 0.15) is 0 Å². The summed E-state index contributed by atoms with van der Waals surface area (Å²) in [7, 11) is 0. The highest BCUT2D eigenvalue weighted by Crippen LogP contribution is 2.50. The molecule has 0 aliphatic carbocycles. The fraction of sp³-hybridized carbons (Fsp3) is 0.889. The molecule has 22 heavy (non-hydrogen) atoms. The van der Waals surface area contributed by atoms with Crippen LogP contribution in [0.15, 0.2) is 0 Å². The van der Waals surface area contributed by atoms with Gasteiger partial charge in [-0.2, -0.15) is 0 Å². The van der Waals surface area contributed by atoms with Crippen LogP contribution in [0.5, 0.6) is 0 Å². The van der Waals surface area contributed by atoms with Crippen molar-refractivity contribution in [2.45, 2.75) is 74.7 Å². The van der Waals surface area contributed by atoms with E-state index in [4.69, 9.17) is 0 Å². The molecule has 0 amide bonds. The summed E-state index contributed by atoms with van der Waals surface area (Å²) in [5.41, 5.74) is -1.77. The minimum atomic E-state index is -1.25. The minimum absolute atomic E-state index is 0.182. The Labute approximate surface area is 135 Å². The molecule has 0 heterocycles. The lowest BCUT2D eigenvalue weighted by Crippen LogP contribution is -2.49. The number of carboxylic acid groups (broad SMARTS) is 2. The summed E-state index contributed by atoms with van der Waals surface area (Å²) >= 11 is 0. The van der Waals surface area contributed by atoms with Crippen LogP contribution in [-0.4, -0.2) is 22.2 Å².